The van der Waals surface area contributed by atoms with Crippen LogP contribution in [0, 0.1) is 6.92 Å². The fourth-order valence-electron chi connectivity index (χ4n) is 6.21. The molecule has 2 heterocycles. The van der Waals surface area contributed by atoms with Crippen molar-refractivity contribution >= 4 is 6.08 Å². The number of aromatic nitrogens is 4. The van der Waals surface area contributed by atoms with Gasteiger partial charge in [-0.3, -0.25) is 0 Å². The topological polar surface area (TPSA) is 51.6 Å². The van der Waals surface area contributed by atoms with Crippen molar-refractivity contribution in [3.8, 4) is 67.5 Å². The summed E-state index contributed by atoms with van der Waals surface area (Å²) < 4.78 is 0. The third-order valence-corrected chi connectivity index (χ3v) is 8.66. The van der Waals surface area contributed by atoms with E-state index in [1.807, 2.05) is 55.6 Å². The number of aryl methyl sites for hydroxylation is 2. The molecule has 0 N–H and O–H groups in total. The van der Waals surface area contributed by atoms with Gasteiger partial charge in [-0.05, 0) is 95.6 Å². The van der Waals surface area contributed by atoms with E-state index in [1.54, 1.807) is 0 Å². The lowest BCUT2D eigenvalue weighted by atomic mass is 9.91. The second-order valence-electron chi connectivity index (χ2n) is 12.0. The number of fused-ring (bicyclic) bond motifs is 1. The van der Waals surface area contributed by atoms with E-state index in [-0.39, 0.29) is 0 Å². The number of benzene rings is 5. The van der Waals surface area contributed by atoms with Gasteiger partial charge in [0.2, 0.25) is 0 Å². The predicted molar refractivity (Wildman–Crippen MR) is 192 cm³/mol. The zero-order valence-corrected chi connectivity index (χ0v) is 26.1. The van der Waals surface area contributed by atoms with Crippen LogP contribution < -0.4 is 0 Å². The number of hydrogen-bond donors (Lipinski definition) is 0. The van der Waals surface area contributed by atoms with Crippen LogP contribution in [0.15, 0.2) is 146 Å². The van der Waals surface area contributed by atoms with Crippen LogP contribution in [0.3, 0.4) is 0 Å². The third-order valence-electron chi connectivity index (χ3n) is 8.66. The molecule has 0 atom stereocenters. The maximum Gasteiger partial charge on any atom is 0.160 e. The Morgan fingerprint density at radius 3 is 1.79 bits per heavy atom. The molecule has 0 bridgehead atoms. The van der Waals surface area contributed by atoms with E-state index in [4.69, 9.17) is 9.97 Å². The van der Waals surface area contributed by atoms with Crippen molar-refractivity contribution in [2.24, 2.45) is 0 Å². The van der Waals surface area contributed by atoms with Gasteiger partial charge in [0.15, 0.2) is 11.6 Å². The van der Waals surface area contributed by atoms with Gasteiger partial charge in [-0.15, -0.1) is 0 Å². The molecule has 4 nitrogen and oxygen atoms in total. The van der Waals surface area contributed by atoms with Crippen molar-refractivity contribution in [3.05, 3.63) is 163 Å². The summed E-state index contributed by atoms with van der Waals surface area (Å²) in [6.45, 7) is 1.99. The standard InChI is InChI=1S/C43H32N4/c1-29-21-22-44-42(45-29)36-18-10-17-34(24-36)37-25-38(35-20-19-30-11-8-9-16-33(30)23-35)27-39(26-37)43-46-40(31-12-4-2-5-13-31)28-41(47-43)32-14-6-3-7-15-32/h2-7,9-10,12-28H,8,11H2,1H3. The number of nitrogens with zero attached hydrogens (tertiary/aromatic N) is 4. The molecule has 2 aromatic heterocycles. The summed E-state index contributed by atoms with van der Waals surface area (Å²) >= 11 is 0. The maximum absolute atomic E-state index is 5.17. The third kappa shape index (κ3) is 6.01. The number of rotatable bonds is 6. The molecule has 0 aliphatic heterocycles. The molecule has 0 saturated carbocycles. The smallest absolute Gasteiger partial charge is 0.160 e. The van der Waals surface area contributed by atoms with E-state index in [0.29, 0.717) is 5.82 Å². The molecule has 0 saturated heterocycles. The van der Waals surface area contributed by atoms with Crippen LogP contribution in [0.1, 0.15) is 23.2 Å². The van der Waals surface area contributed by atoms with Gasteiger partial charge in [-0.25, -0.2) is 19.9 Å². The Morgan fingerprint density at radius 2 is 1.09 bits per heavy atom. The lowest BCUT2D eigenvalue weighted by Gasteiger charge is -2.15. The summed E-state index contributed by atoms with van der Waals surface area (Å²) in [7, 11) is 0. The van der Waals surface area contributed by atoms with E-state index in [1.165, 1.54) is 16.7 Å². The molecular formula is C43H32N4. The van der Waals surface area contributed by atoms with E-state index in [2.05, 4.69) is 113 Å². The summed E-state index contributed by atoms with van der Waals surface area (Å²) in [6.07, 6.45) is 8.49. The molecule has 7 aromatic rings. The monoisotopic (exact) mass is 604 g/mol. The first-order valence-corrected chi connectivity index (χ1v) is 16.0. The largest absolute Gasteiger partial charge is 0.237 e. The van der Waals surface area contributed by atoms with Crippen LogP contribution in [0.2, 0.25) is 0 Å². The first-order chi connectivity index (χ1) is 23.2. The highest BCUT2D eigenvalue weighted by Crippen LogP contribution is 2.36. The molecule has 0 spiro atoms. The molecule has 5 aromatic carbocycles. The molecule has 1 aliphatic carbocycles. The zero-order chi connectivity index (χ0) is 31.6. The summed E-state index contributed by atoms with van der Waals surface area (Å²) in [5.41, 5.74) is 13.9. The van der Waals surface area contributed by atoms with Crippen LogP contribution in [-0.2, 0) is 6.42 Å². The van der Waals surface area contributed by atoms with Gasteiger partial charge in [-0.2, -0.15) is 0 Å². The average Bonchev–Trinajstić information content (AvgIpc) is 3.15. The Kier molecular flexibility index (Phi) is 7.52. The van der Waals surface area contributed by atoms with Crippen LogP contribution in [-0.4, -0.2) is 19.9 Å². The summed E-state index contributed by atoms with van der Waals surface area (Å²) in [4.78, 5) is 19.6. The van der Waals surface area contributed by atoms with E-state index >= 15 is 0 Å². The highest BCUT2D eigenvalue weighted by Gasteiger charge is 2.15. The molecule has 0 unspecified atom stereocenters. The zero-order valence-electron chi connectivity index (χ0n) is 26.1. The van der Waals surface area contributed by atoms with Crippen molar-refractivity contribution < 1.29 is 0 Å². The van der Waals surface area contributed by atoms with Gasteiger partial charge in [0, 0.05) is 34.1 Å². The molecule has 0 fully saturated rings. The molecule has 0 amide bonds. The highest BCUT2D eigenvalue weighted by atomic mass is 14.9. The van der Waals surface area contributed by atoms with Crippen LogP contribution in [0.4, 0.5) is 0 Å². The minimum Gasteiger partial charge on any atom is -0.237 e. The fraction of sp³-hybridized carbons (Fsp3) is 0.0698. The summed E-state index contributed by atoms with van der Waals surface area (Å²) in [6, 6.07) is 46.6. The maximum atomic E-state index is 5.17. The Labute approximate surface area is 275 Å². The second kappa shape index (κ2) is 12.4. The van der Waals surface area contributed by atoms with Crippen molar-refractivity contribution in [2.45, 2.75) is 19.8 Å². The van der Waals surface area contributed by atoms with Gasteiger partial charge in [0.05, 0.1) is 11.4 Å². The van der Waals surface area contributed by atoms with Crippen LogP contribution in [0.25, 0.3) is 73.6 Å². The average molecular weight is 605 g/mol. The molecule has 224 valence electrons. The second-order valence-corrected chi connectivity index (χ2v) is 12.0. The predicted octanol–water partition coefficient (Wildman–Crippen LogP) is 10.5. The van der Waals surface area contributed by atoms with Crippen molar-refractivity contribution in [2.75, 3.05) is 0 Å². The van der Waals surface area contributed by atoms with Gasteiger partial charge >= 0.3 is 0 Å². The molecule has 1 aliphatic rings. The number of hydrogen-bond acceptors (Lipinski definition) is 4. The fourth-order valence-corrected chi connectivity index (χ4v) is 6.21. The van der Waals surface area contributed by atoms with Crippen molar-refractivity contribution in [1.82, 2.24) is 19.9 Å². The van der Waals surface area contributed by atoms with E-state index in [9.17, 15) is 0 Å². The van der Waals surface area contributed by atoms with Crippen LogP contribution >= 0.6 is 0 Å². The van der Waals surface area contributed by atoms with E-state index in [0.717, 1.165) is 74.7 Å². The van der Waals surface area contributed by atoms with Crippen molar-refractivity contribution in [3.63, 3.8) is 0 Å². The minimum absolute atomic E-state index is 0.685. The quantitative estimate of drug-likeness (QED) is 0.189. The molecular weight excluding hydrogens is 573 g/mol. The SMILES string of the molecule is Cc1ccnc(-c2cccc(-c3cc(-c4ccc5c(c4)C=CCC5)cc(-c4nc(-c5ccccc5)cc(-c5ccccc5)n4)c3)c2)n1. The molecule has 8 rings (SSSR count). The van der Waals surface area contributed by atoms with Gasteiger partial charge in [-0.1, -0.05) is 103 Å². The minimum atomic E-state index is 0.685. The summed E-state index contributed by atoms with van der Waals surface area (Å²) in [5, 5.41) is 0. The lowest BCUT2D eigenvalue weighted by molar-refractivity contribution is 0.986. The number of allylic oxidation sites excluding steroid dienone is 1. The Bertz CT molecular complexity index is 2200. The summed E-state index contributed by atoms with van der Waals surface area (Å²) in [5.74, 6) is 1.40. The van der Waals surface area contributed by atoms with E-state index < -0.39 is 0 Å². The van der Waals surface area contributed by atoms with Crippen LogP contribution in [0.5, 0.6) is 0 Å². The Hall–Kier alpha value is -6.00. The van der Waals surface area contributed by atoms with Gasteiger partial charge in [0.1, 0.15) is 0 Å². The first-order valence-electron chi connectivity index (χ1n) is 16.0. The molecule has 47 heavy (non-hydrogen) atoms. The Balaban J connectivity index is 1.33. The van der Waals surface area contributed by atoms with Gasteiger partial charge < -0.3 is 0 Å². The first kappa shape index (κ1) is 28.5. The lowest BCUT2D eigenvalue weighted by Crippen LogP contribution is -1.97. The Morgan fingerprint density at radius 1 is 0.468 bits per heavy atom. The normalized spacial score (nSPS) is 12.1. The molecule has 4 heteroatoms. The van der Waals surface area contributed by atoms with Crippen molar-refractivity contribution in [1.29, 1.82) is 0 Å². The molecule has 0 radical (unpaired) electrons. The highest BCUT2D eigenvalue weighted by molar-refractivity contribution is 5.83. The van der Waals surface area contributed by atoms with Gasteiger partial charge in [0.25, 0.3) is 0 Å².